The molecule has 1 aliphatic rings. The first-order valence-electron chi connectivity index (χ1n) is 10.1. The first-order valence-corrected chi connectivity index (χ1v) is 11.0. The molecule has 2 aromatic heterocycles. The molecule has 0 spiro atoms. The number of hydrogen-bond acceptors (Lipinski definition) is 8. The summed E-state index contributed by atoms with van der Waals surface area (Å²) in [6, 6.07) is 11.0. The van der Waals surface area contributed by atoms with E-state index in [-0.39, 0.29) is 30.0 Å². The lowest BCUT2D eigenvalue weighted by Gasteiger charge is -2.31. The van der Waals surface area contributed by atoms with Crippen molar-refractivity contribution in [3.8, 4) is 10.8 Å². The number of para-hydroxylation sites is 1. The molecule has 0 bridgehead atoms. The van der Waals surface area contributed by atoms with Gasteiger partial charge in [-0.25, -0.2) is 19.7 Å². The molecule has 4 rings (SSSR count). The van der Waals surface area contributed by atoms with Crippen molar-refractivity contribution in [2.45, 2.75) is 12.8 Å². The molecular weight excluding hydrogens is 430 g/mol. The van der Waals surface area contributed by atoms with Gasteiger partial charge in [0.25, 0.3) is 5.91 Å². The summed E-state index contributed by atoms with van der Waals surface area (Å²) in [5.41, 5.74) is 0.869. The van der Waals surface area contributed by atoms with Gasteiger partial charge in [-0.2, -0.15) is 0 Å². The second-order valence-electron chi connectivity index (χ2n) is 7.20. The fourth-order valence-electron chi connectivity index (χ4n) is 3.33. The number of ether oxygens (including phenoxy) is 1. The molecule has 9 nitrogen and oxygen atoms in total. The zero-order valence-corrected chi connectivity index (χ0v) is 18.0. The summed E-state index contributed by atoms with van der Waals surface area (Å²) >= 11 is 1.23. The molecule has 1 aromatic carbocycles. The predicted octanol–water partition coefficient (Wildman–Crippen LogP) is 2.63. The van der Waals surface area contributed by atoms with E-state index >= 15 is 0 Å². The summed E-state index contributed by atoms with van der Waals surface area (Å²) in [5, 5.41) is 4.95. The van der Waals surface area contributed by atoms with Crippen molar-refractivity contribution in [1.82, 2.24) is 19.9 Å². The lowest BCUT2D eigenvalue weighted by Crippen LogP contribution is -2.43. The number of amides is 2. The second-order valence-corrected chi connectivity index (χ2v) is 8.05. The fraction of sp³-hybridized carbons (Fsp3) is 0.273. The number of benzene rings is 1. The topological polar surface area (TPSA) is 114 Å². The van der Waals surface area contributed by atoms with E-state index in [1.807, 2.05) is 30.3 Å². The Balaban J connectivity index is 1.23. The Morgan fingerprint density at radius 3 is 2.50 bits per heavy atom. The third kappa shape index (κ3) is 5.33. The highest BCUT2D eigenvalue weighted by atomic mass is 32.1. The summed E-state index contributed by atoms with van der Waals surface area (Å²) < 4.78 is 5.14. The Bertz CT molecular complexity index is 1080. The van der Waals surface area contributed by atoms with Crippen LogP contribution in [0.15, 0.2) is 54.2 Å². The molecule has 164 valence electrons. The van der Waals surface area contributed by atoms with Crippen LogP contribution < -0.4 is 5.32 Å². The number of likely N-dealkylation sites (tertiary alicyclic amines) is 1. The van der Waals surface area contributed by atoms with Crippen LogP contribution in [0, 0.1) is 5.92 Å². The van der Waals surface area contributed by atoms with Crippen LogP contribution in [0.1, 0.15) is 23.3 Å². The number of rotatable bonds is 6. The zero-order chi connectivity index (χ0) is 22.3. The smallest absolute Gasteiger partial charge is 0.358 e. The van der Waals surface area contributed by atoms with E-state index in [9.17, 15) is 14.4 Å². The van der Waals surface area contributed by atoms with Gasteiger partial charge in [-0.15, -0.1) is 11.3 Å². The van der Waals surface area contributed by atoms with E-state index < -0.39 is 5.97 Å². The molecule has 3 aromatic rings. The van der Waals surface area contributed by atoms with Gasteiger partial charge in [-0.05, 0) is 31.0 Å². The quantitative estimate of drug-likeness (QED) is 0.573. The largest absolute Gasteiger partial charge is 0.451 e. The Morgan fingerprint density at radius 2 is 1.78 bits per heavy atom. The Kier molecular flexibility index (Phi) is 6.81. The third-order valence-electron chi connectivity index (χ3n) is 5.06. The number of hydrogen-bond donors (Lipinski definition) is 1. The predicted molar refractivity (Wildman–Crippen MR) is 118 cm³/mol. The number of piperidine rings is 1. The maximum absolute atomic E-state index is 12.4. The van der Waals surface area contributed by atoms with Gasteiger partial charge in [0.15, 0.2) is 23.1 Å². The van der Waals surface area contributed by atoms with Crippen LogP contribution in [0.5, 0.6) is 0 Å². The number of nitrogens with zero attached hydrogens (tertiary/aromatic N) is 4. The molecule has 3 heterocycles. The molecule has 0 radical (unpaired) electrons. The number of carbonyl (C=O) groups is 3. The molecule has 0 atom stereocenters. The highest BCUT2D eigenvalue weighted by molar-refractivity contribution is 7.13. The molecule has 0 unspecified atom stereocenters. The standard InChI is InChI=1S/C22H21N5O4S/c28-18(13-31-22(30)17-14-32-21(26-17)19-23-9-4-10-24-19)27-11-7-15(8-12-27)20(29)25-16-5-2-1-3-6-16/h1-6,9-10,14-15H,7-8,11-13H2,(H,25,29). The minimum atomic E-state index is -0.672. The molecule has 0 aliphatic carbocycles. The van der Waals surface area contributed by atoms with Crippen LogP contribution in [0.2, 0.25) is 0 Å². The number of thiazole rings is 1. The van der Waals surface area contributed by atoms with Crippen LogP contribution in [-0.4, -0.2) is 57.3 Å². The average molecular weight is 452 g/mol. The van der Waals surface area contributed by atoms with Gasteiger partial charge in [-0.1, -0.05) is 18.2 Å². The summed E-state index contributed by atoms with van der Waals surface area (Å²) in [5.74, 6) is -0.741. The maximum Gasteiger partial charge on any atom is 0.358 e. The van der Waals surface area contributed by atoms with Crippen molar-refractivity contribution < 1.29 is 19.1 Å². The molecule has 2 amide bonds. The van der Waals surface area contributed by atoms with Gasteiger partial charge in [-0.3, -0.25) is 9.59 Å². The summed E-state index contributed by atoms with van der Waals surface area (Å²) in [6.45, 7) is 0.513. The first-order chi connectivity index (χ1) is 15.6. The minimum Gasteiger partial charge on any atom is -0.451 e. The van der Waals surface area contributed by atoms with Gasteiger partial charge in [0, 0.05) is 42.5 Å². The number of aromatic nitrogens is 3. The Morgan fingerprint density at radius 1 is 1.06 bits per heavy atom. The van der Waals surface area contributed by atoms with Gasteiger partial charge in [0.05, 0.1) is 0 Å². The number of nitrogens with one attached hydrogen (secondary N) is 1. The molecule has 10 heteroatoms. The number of anilines is 1. The van der Waals surface area contributed by atoms with E-state index in [4.69, 9.17) is 4.74 Å². The minimum absolute atomic E-state index is 0.0449. The van der Waals surface area contributed by atoms with E-state index in [1.54, 1.807) is 28.7 Å². The van der Waals surface area contributed by atoms with Crippen LogP contribution in [-0.2, 0) is 14.3 Å². The highest BCUT2D eigenvalue weighted by Crippen LogP contribution is 2.21. The molecule has 0 saturated carbocycles. The van der Waals surface area contributed by atoms with Crippen molar-refractivity contribution in [2.75, 3.05) is 25.0 Å². The number of carbonyl (C=O) groups excluding carboxylic acids is 3. The molecule has 32 heavy (non-hydrogen) atoms. The van der Waals surface area contributed by atoms with Gasteiger partial charge in [0.2, 0.25) is 5.91 Å². The van der Waals surface area contributed by atoms with Crippen LogP contribution in [0.25, 0.3) is 10.8 Å². The van der Waals surface area contributed by atoms with E-state index in [1.165, 1.54) is 11.3 Å². The fourth-order valence-corrected chi connectivity index (χ4v) is 4.06. The molecule has 1 N–H and O–H groups in total. The van der Waals surface area contributed by atoms with Gasteiger partial charge in [0.1, 0.15) is 0 Å². The van der Waals surface area contributed by atoms with Crippen molar-refractivity contribution in [1.29, 1.82) is 0 Å². The van der Waals surface area contributed by atoms with Crippen molar-refractivity contribution >= 4 is 34.8 Å². The number of esters is 1. The summed E-state index contributed by atoms with van der Waals surface area (Å²) in [4.78, 5) is 51.1. The normalized spacial score (nSPS) is 14.1. The highest BCUT2D eigenvalue weighted by Gasteiger charge is 2.28. The monoisotopic (exact) mass is 451 g/mol. The van der Waals surface area contributed by atoms with Crippen molar-refractivity contribution in [3.63, 3.8) is 0 Å². The second kappa shape index (κ2) is 10.1. The van der Waals surface area contributed by atoms with Crippen LogP contribution >= 0.6 is 11.3 Å². The Labute approximate surface area is 188 Å². The SMILES string of the molecule is O=C(OCC(=O)N1CCC(C(=O)Nc2ccccc2)CC1)c1csc(-c2ncccn2)n1. The van der Waals surface area contributed by atoms with E-state index in [2.05, 4.69) is 20.3 Å². The van der Waals surface area contributed by atoms with Crippen molar-refractivity contribution in [3.05, 3.63) is 59.9 Å². The Hall–Kier alpha value is -3.66. The van der Waals surface area contributed by atoms with Crippen molar-refractivity contribution in [2.24, 2.45) is 5.92 Å². The lowest BCUT2D eigenvalue weighted by atomic mass is 9.95. The van der Waals surface area contributed by atoms with E-state index in [0.717, 1.165) is 5.69 Å². The summed E-state index contributed by atoms with van der Waals surface area (Å²) in [6.07, 6.45) is 4.31. The molecule has 1 fully saturated rings. The van der Waals surface area contributed by atoms with Gasteiger partial charge < -0.3 is 15.0 Å². The maximum atomic E-state index is 12.4. The molecular formula is C22H21N5O4S. The van der Waals surface area contributed by atoms with Crippen LogP contribution in [0.3, 0.4) is 0 Å². The van der Waals surface area contributed by atoms with Gasteiger partial charge >= 0.3 is 5.97 Å². The van der Waals surface area contributed by atoms with E-state index in [0.29, 0.717) is 36.8 Å². The zero-order valence-electron chi connectivity index (χ0n) is 17.1. The summed E-state index contributed by atoms with van der Waals surface area (Å²) in [7, 11) is 0. The third-order valence-corrected chi connectivity index (χ3v) is 5.90. The lowest BCUT2D eigenvalue weighted by molar-refractivity contribution is -0.137. The average Bonchev–Trinajstić information content (AvgIpc) is 3.34. The molecule has 1 saturated heterocycles. The first kappa shape index (κ1) is 21.6. The van der Waals surface area contributed by atoms with Crippen LogP contribution in [0.4, 0.5) is 5.69 Å². The molecule has 1 aliphatic heterocycles.